The van der Waals surface area contributed by atoms with Gasteiger partial charge in [-0.2, -0.15) is 0 Å². The number of anilines is 1. The monoisotopic (exact) mass is 416 g/mol. The van der Waals surface area contributed by atoms with E-state index in [0.29, 0.717) is 17.3 Å². The van der Waals surface area contributed by atoms with Crippen LogP contribution in [0, 0.1) is 0 Å². The first kappa shape index (κ1) is 19.6. The molecule has 154 valence electrons. The lowest BCUT2D eigenvalue weighted by Gasteiger charge is -2.25. The molecule has 0 radical (unpaired) electrons. The van der Waals surface area contributed by atoms with E-state index in [4.69, 9.17) is 16.3 Å². The van der Waals surface area contributed by atoms with Crippen LogP contribution in [-0.4, -0.2) is 68.5 Å². The smallest absolute Gasteiger partial charge is 0.260 e. The summed E-state index contributed by atoms with van der Waals surface area (Å²) in [6, 6.07) is 5.43. The summed E-state index contributed by atoms with van der Waals surface area (Å²) in [5, 5.41) is 10.4. The Kier molecular flexibility index (Phi) is 5.64. The van der Waals surface area contributed by atoms with Crippen LogP contribution in [0.5, 0.6) is 5.75 Å². The van der Waals surface area contributed by atoms with E-state index < -0.39 is 0 Å². The van der Waals surface area contributed by atoms with Gasteiger partial charge < -0.3 is 30.5 Å². The zero-order chi connectivity index (χ0) is 20.4. The van der Waals surface area contributed by atoms with E-state index >= 15 is 0 Å². The number of carbonyl (C=O) groups excluding carboxylic acids is 1. The Bertz CT molecular complexity index is 897. The van der Waals surface area contributed by atoms with Crippen molar-refractivity contribution >= 4 is 29.5 Å². The molecular formula is C20H25ClN6O2. The average Bonchev–Trinajstić information content (AvgIpc) is 3.11. The molecule has 9 heteroatoms. The van der Waals surface area contributed by atoms with Crippen molar-refractivity contribution in [2.45, 2.75) is 12.6 Å². The summed E-state index contributed by atoms with van der Waals surface area (Å²) in [6.45, 7) is 2.28. The normalized spacial score (nSPS) is 22.9. The van der Waals surface area contributed by atoms with Crippen molar-refractivity contribution in [1.29, 1.82) is 0 Å². The van der Waals surface area contributed by atoms with E-state index in [-0.39, 0.29) is 18.7 Å². The lowest BCUT2D eigenvalue weighted by molar-refractivity contribution is -0.132. The number of nitrogens with zero attached hydrogens (tertiary/aromatic N) is 3. The molecule has 2 bridgehead atoms. The molecule has 3 N–H and O–H groups in total. The number of hydrogen-bond donors (Lipinski definition) is 3. The maximum Gasteiger partial charge on any atom is 0.260 e. The van der Waals surface area contributed by atoms with Crippen LogP contribution in [0.4, 0.5) is 5.69 Å². The van der Waals surface area contributed by atoms with Crippen molar-refractivity contribution in [3.05, 3.63) is 46.4 Å². The van der Waals surface area contributed by atoms with Crippen molar-refractivity contribution in [3.63, 3.8) is 0 Å². The summed E-state index contributed by atoms with van der Waals surface area (Å²) in [5.41, 5.74) is 3.07. The first-order valence-corrected chi connectivity index (χ1v) is 9.99. The molecule has 29 heavy (non-hydrogen) atoms. The molecule has 0 aliphatic carbocycles. The zero-order valence-corrected chi connectivity index (χ0v) is 17.3. The maximum absolute atomic E-state index is 12.4. The Balaban J connectivity index is 1.67. The van der Waals surface area contributed by atoms with E-state index in [0.717, 1.165) is 36.6 Å². The molecule has 1 amide bonds. The van der Waals surface area contributed by atoms with Crippen LogP contribution < -0.4 is 20.7 Å². The largest absolute Gasteiger partial charge is 0.482 e. The second-order valence-electron chi connectivity index (χ2n) is 7.42. The van der Waals surface area contributed by atoms with E-state index in [1.54, 1.807) is 30.4 Å². The second kappa shape index (κ2) is 8.34. The molecule has 1 aromatic carbocycles. The number of hydrogen-bond acceptors (Lipinski definition) is 7. The molecule has 0 spiro atoms. The van der Waals surface area contributed by atoms with E-state index in [9.17, 15) is 4.79 Å². The van der Waals surface area contributed by atoms with Gasteiger partial charge in [-0.25, -0.2) is 4.99 Å². The quantitative estimate of drug-likeness (QED) is 0.596. The summed E-state index contributed by atoms with van der Waals surface area (Å²) >= 11 is 6.27. The van der Waals surface area contributed by atoms with Gasteiger partial charge in [0.05, 0.1) is 11.4 Å². The molecule has 1 unspecified atom stereocenters. The predicted molar refractivity (Wildman–Crippen MR) is 114 cm³/mol. The molecule has 0 fully saturated rings. The van der Waals surface area contributed by atoms with E-state index in [2.05, 4.69) is 32.9 Å². The van der Waals surface area contributed by atoms with Crippen molar-refractivity contribution in [2.75, 3.05) is 45.7 Å². The number of fused-ring (bicyclic) bond motifs is 2. The number of carbonyl (C=O) groups is 1. The van der Waals surface area contributed by atoms with Crippen LogP contribution in [0.1, 0.15) is 6.42 Å². The Morgan fingerprint density at radius 3 is 3.00 bits per heavy atom. The number of halogens is 1. The Hall–Kier alpha value is -2.71. The van der Waals surface area contributed by atoms with Gasteiger partial charge in [0, 0.05) is 43.7 Å². The fourth-order valence-electron chi connectivity index (χ4n) is 3.58. The minimum atomic E-state index is -0.104. The van der Waals surface area contributed by atoms with Gasteiger partial charge in [0.15, 0.2) is 6.61 Å². The fraction of sp³-hybridized carbons (Fsp3) is 0.400. The first-order chi connectivity index (χ1) is 14.0. The summed E-state index contributed by atoms with van der Waals surface area (Å²) < 4.78 is 5.71. The highest BCUT2D eigenvalue weighted by Crippen LogP contribution is 2.31. The molecular weight excluding hydrogens is 392 g/mol. The summed E-state index contributed by atoms with van der Waals surface area (Å²) in [4.78, 5) is 20.8. The molecule has 0 saturated heterocycles. The fourth-order valence-corrected chi connectivity index (χ4v) is 3.75. The topological polar surface area (TPSA) is 81.2 Å². The number of aliphatic imine (C=N–C) groups is 1. The van der Waals surface area contributed by atoms with Crippen LogP contribution in [0.25, 0.3) is 0 Å². The van der Waals surface area contributed by atoms with Crippen molar-refractivity contribution in [2.24, 2.45) is 4.99 Å². The van der Waals surface area contributed by atoms with Crippen molar-refractivity contribution < 1.29 is 9.53 Å². The predicted octanol–water partition coefficient (Wildman–Crippen LogP) is 1.58. The molecule has 0 saturated carbocycles. The lowest BCUT2D eigenvalue weighted by Crippen LogP contribution is -2.35. The Morgan fingerprint density at radius 1 is 1.28 bits per heavy atom. The minimum Gasteiger partial charge on any atom is -0.482 e. The van der Waals surface area contributed by atoms with Crippen LogP contribution in [-0.2, 0) is 4.79 Å². The third-order valence-corrected chi connectivity index (χ3v) is 5.50. The summed E-state index contributed by atoms with van der Waals surface area (Å²) in [5.74, 6) is 1.26. The Labute approximate surface area is 175 Å². The number of rotatable bonds is 0. The number of ether oxygens (including phenoxy) is 1. The van der Waals surface area contributed by atoms with Gasteiger partial charge in [0.25, 0.3) is 5.91 Å². The van der Waals surface area contributed by atoms with E-state index in [1.165, 1.54) is 5.57 Å². The average molecular weight is 417 g/mol. The van der Waals surface area contributed by atoms with Crippen LogP contribution in [0.2, 0.25) is 5.02 Å². The molecule has 3 aliphatic heterocycles. The van der Waals surface area contributed by atoms with Crippen LogP contribution in [0.3, 0.4) is 0 Å². The second-order valence-corrected chi connectivity index (χ2v) is 7.82. The van der Waals surface area contributed by atoms with Gasteiger partial charge in [-0.15, -0.1) is 0 Å². The minimum absolute atomic E-state index is 0.0484. The lowest BCUT2D eigenvalue weighted by atomic mass is 10.1. The van der Waals surface area contributed by atoms with Gasteiger partial charge in [-0.05, 0) is 37.7 Å². The molecule has 3 aliphatic rings. The molecule has 1 atom stereocenters. The highest BCUT2D eigenvalue weighted by molar-refractivity contribution is 6.32. The molecule has 1 aromatic rings. The maximum atomic E-state index is 12.4. The molecule has 3 heterocycles. The third-order valence-electron chi connectivity index (χ3n) is 5.19. The first-order valence-electron chi connectivity index (χ1n) is 9.61. The Morgan fingerprint density at radius 2 is 2.14 bits per heavy atom. The van der Waals surface area contributed by atoms with Crippen molar-refractivity contribution in [1.82, 2.24) is 20.4 Å². The van der Waals surface area contributed by atoms with Crippen LogP contribution >= 0.6 is 11.6 Å². The summed E-state index contributed by atoms with van der Waals surface area (Å²) in [7, 11) is 3.88. The third kappa shape index (κ3) is 4.33. The van der Waals surface area contributed by atoms with Gasteiger partial charge in [-0.3, -0.25) is 4.79 Å². The number of likely N-dealkylation sites (N-methyl/N-ethyl adjacent to an activating group) is 2. The summed E-state index contributed by atoms with van der Waals surface area (Å²) in [6.07, 6.45) is 4.48. The molecule has 4 rings (SSSR count). The number of amides is 1. The van der Waals surface area contributed by atoms with E-state index in [1.807, 2.05) is 12.3 Å². The SMILES string of the molecule is CN1CCCN(C)C(=O)COc2cc(ccc2Cl)NC2=C3C(=CNC3N=CN2)C1. The zero-order valence-electron chi connectivity index (χ0n) is 16.5. The highest BCUT2D eigenvalue weighted by Gasteiger charge is 2.29. The highest BCUT2D eigenvalue weighted by atomic mass is 35.5. The van der Waals surface area contributed by atoms with Gasteiger partial charge in [0.1, 0.15) is 17.7 Å². The van der Waals surface area contributed by atoms with Gasteiger partial charge in [-0.1, -0.05) is 11.6 Å². The van der Waals surface area contributed by atoms with Crippen LogP contribution in [0.15, 0.2) is 46.4 Å². The molecule has 8 nitrogen and oxygen atoms in total. The standard InChI is InChI=1S/C20H25ClN6O2/c1-26-6-3-7-27(2)17(28)11-29-16-8-14(4-5-15(16)21)25-20-18-13(10-26)9-22-19(18)23-12-24-20/h4-5,8-9,12,19,22,25H,3,6-7,10-11H2,1-2H3,(H,23,24). The molecule has 0 aromatic heterocycles. The van der Waals surface area contributed by atoms with Crippen molar-refractivity contribution in [3.8, 4) is 5.75 Å². The van der Waals surface area contributed by atoms with Gasteiger partial charge >= 0.3 is 0 Å². The van der Waals surface area contributed by atoms with Gasteiger partial charge in [0.2, 0.25) is 0 Å². The number of nitrogens with one attached hydrogen (secondary N) is 3. The number of benzene rings is 1.